The van der Waals surface area contributed by atoms with E-state index in [0.717, 1.165) is 41.6 Å². The third-order valence-corrected chi connectivity index (χ3v) is 7.02. The Morgan fingerprint density at radius 3 is 2.81 bits per heavy atom. The first kappa shape index (κ1) is 18.7. The molecule has 140 valence electrons. The van der Waals surface area contributed by atoms with Crippen molar-refractivity contribution >= 4 is 46.0 Å². The molecule has 1 aliphatic rings. The van der Waals surface area contributed by atoms with Crippen molar-refractivity contribution in [2.24, 2.45) is 0 Å². The number of thiazole rings is 1. The SMILES string of the molecule is O=C(Cc1csc(-c2ccsc2)n1)Nc1ccccc1CN1CCSCC1. The minimum absolute atomic E-state index is 0.0150. The first-order chi connectivity index (χ1) is 13.3. The van der Waals surface area contributed by atoms with Crippen LogP contribution < -0.4 is 5.32 Å². The number of thioether (sulfide) groups is 1. The summed E-state index contributed by atoms with van der Waals surface area (Å²) in [6.07, 6.45) is 0.301. The van der Waals surface area contributed by atoms with E-state index in [4.69, 9.17) is 0 Å². The van der Waals surface area contributed by atoms with Gasteiger partial charge in [-0.15, -0.1) is 11.3 Å². The largest absolute Gasteiger partial charge is 0.325 e. The van der Waals surface area contributed by atoms with Crippen LogP contribution in [0.4, 0.5) is 5.69 Å². The predicted octanol–water partition coefficient (Wildman–Crippen LogP) is 4.60. The van der Waals surface area contributed by atoms with Crippen molar-refractivity contribution in [2.45, 2.75) is 13.0 Å². The number of carbonyl (C=O) groups excluding carboxylic acids is 1. The van der Waals surface area contributed by atoms with Gasteiger partial charge in [-0.2, -0.15) is 23.1 Å². The summed E-state index contributed by atoms with van der Waals surface area (Å²) in [6.45, 7) is 3.10. The first-order valence-corrected chi connectivity index (χ1v) is 11.9. The van der Waals surface area contributed by atoms with Crippen LogP contribution in [0.5, 0.6) is 0 Å². The second-order valence-electron chi connectivity index (χ2n) is 6.43. The third kappa shape index (κ3) is 4.99. The lowest BCUT2D eigenvalue weighted by molar-refractivity contribution is -0.115. The van der Waals surface area contributed by atoms with Gasteiger partial charge in [0, 0.05) is 53.2 Å². The summed E-state index contributed by atoms with van der Waals surface area (Å²) in [5, 5.41) is 10.2. The molecule has 1 fully saturated rings. The Morgan fingerprint density at radius 1 is 1.15 bits per heavy atom. The van der Waals surface area contributed by atoms with E-state index in [0.29, 0.717) is 6.42 Å². The minimum Gasteiger partial charge on any atom is -0.325 e. The van der Waals surface area contributed by atoms with Crippen molar-refractivity contribution in [1.82, 2.24) is 9.88 Å². The number of nitrogens with zero attached hydrogens (tertiary/aromatic N) is 2. The normalized spacial score (nSPS) is 15.0. The maximum absolute atomic E-state index is 12.6. The molecular formula is C20H21N3OS3. The number of carbonyl (C=O) groups is 1. The zero-order valence-electron chi connectivity index (χ0n) is 14.9. The molecule has 4 nitrogen and oxygen atoms in total. The van der Waals surface area contributed by atoms with Gasteiger partial charge in [0.05, 0.1) is 12.1 Å². The van der Waals surface area contributed by atoms with Gasteiger partial charge in [0.25, 0.3) is 0 Å². The quantitative estimate of drug-likeness (QED) is 0.639. The minimum atomic E-state index is -0.0150. The monoisotopic (exact) mass is 415 g/mol. The Bertz CT molecular complexity index is 886. The van der Waals surface area contributed by atoms with Crippen LogP contribution in [-0.2, 0) is 17.8 Å². The van der Waals surface area contributed by atoms with Gasteiger partial charge < -0.3 is 5.32 Å². The van der Waals surface area contributed by atoms with Crippen LogP contribution in [0.1, 0.15) is 11.3 Å². The average molecular weight is 416 g/mol. The molecule has 3 heterocycles. The van der Waals surface area contributed by atoms with Crippen LogP contribution in [-0.4, -0.2) is 40.4 Å². The van der Waals surface area contributed by atoms with Crippen molar-refractivity contribution in [3.05, 3.63) is 57.7 Å². The fourth-order valence-electron chi connectivity index (χ4n) is 3.05. The number of aromatic nitrogens is 1. The molecule has 3 aromatic rings. The van der Waals surface area contributed by atoms with Crippen LogP contribution in [0, 0.1) is 0 Å². The number of thiophene rings is 1. The maximum Gasteiger partial charge on any atom is 0.230 e. The maximum atomic E-state index is 12.6. The van der Waals surface area contributed by atoms with Gasteiger partial charge in [-0.05, 0) is 23.1 Å². The Labute approximate surface area is 171 Å². The molecule has 0 bridgehead atoms. The van der Waals surface area contributed by atoms with Crippen LogP contribution in [0.3, 0.4) is 0 Å². The lowest BCUT2D eigenvalue weighted by atomic mass is 10.1. The highest BCUT2D eigenvalue weighted by molar-refractivity contribution is 7.99. The third-order valence-electron chi connectivity index (χ3n) is 4.45. The molecule has 1 aliphatic heterocycles. The second-order valence-corrected chi connectivity index (χ2v) is 9.29. The van der Waals surface area contributed by atoms with Crippen LogP contribution in [0.2, 0.25) is 0 Å². The molecule has 0 spiro atoms. The molecule has 1 aromatic carbocycles. The number of anilines is 1. The van der Waals surface area contributed by atoms with Gasteiger partial charge in [0.1, 0.15) is 5.01 Å². The number of para-hydroxylation sites is 1. The summed E-state index contributed by atoms with van der Waals surface area (Å²) in [7, 11) is 0. The van der Waals surface area contributed by atoms with Gasteiger partial charge in [-0.1, -0.05) is 18.2 Å². The summed E-state index contributed by atoms with van der Waals surface area (Å²) in [5.74, 6) is 2.36. The van der Waals surface area contributed by atoms with Gasteiger partial charge in [0.15, 0.2) is 0 Å². The molecule has 4 rings (SSSR count). The molecule has 1 N–H and O–H groups in total. The molecule has 0 unspecified atom stereocenters. The number of hydrogen-bond donors (Lipinski definition) is 1. The Hall–Kier alpha value is -1.67. The first-order valence-electron chi connectivity index (χ1n) is 8.93. The molecule has 2 aromatic heterocycles. The lowest BCUT2D eigenvalue weighted by Crippen LogP contribution is -2.32. The fourth-order valence-corrected chi connectivity index (χ4v) is 5.56. The highest BCUT2D eigenvalue weighted by Crippen LogP contribution is 2.26. The van der Waals surface area contributed by atoms with E-state index in [-0.39, 0.29) is 5.91 Å². The van der Waals surface area contributed by atoms with Crippen molar-refractivity contribution in [3.8, 4) is 10.6 Å². The average Bonchev–Trinajstić information content (AvgIpc) is 3.36. The van der Waals surface area contributed by atoms with E-state index < -0.39 is 0 Å². The highest BCUT2D eigenvalue weighted by Gasteiger charge is 2.15. The molecule has 7 heteroatoms. The second kappa shape index (κ2) is 9.01. The zero-order chi connectivity index (χ0) is 18.5. The predicted molar refractivity (Wildman–Crippen MR) is 117 cm³/mol. The van der Waals surface area contributed by atoms with Crippen LogP contribution in [0.25, 0.3) is 10.6 Å². The van der Waals surface area contributed by atoms with E-state index >= 15 is 0 Å². The summed E-state index contributed by atoms with van der Waals surface area (Å²) >= 11 is 5.26. The summed E-state index contributed by atoms with van der Waals surface area (Å²) in [5.41, 5.74) is 4.04. The van der Waals surface area contributed by atoms with Crippen LogP contribution >= 0.6 is 34.4 Å². The zero-order valence-corrected chi connectivity index (χ0v) is 17.3. The summed E-state index contributed by atoms with van der Waals surface area (Å²) in [6, 6.07) is 10.2. The molecular weight excluding hydrogens is 394 g/mol. The molecule has 27 heavy (non-hydrogen) atoms. The Kier molecular flexibility index (Phi) is 6.24. The van der Waals surface area contributed by atoms with Gasteiger partial charge in [-0.25, -0.2) is 4.98 Å². The number of hydrogen-bond acceptors (Lipinski definition) is 6. The van der Waals surface area contributed by atoms with E-state index in [1.165, 1.54) is 17.1 Å². The Balaban J connectivity index is 1.39. The van der Waals surface area contributed by atoms with Crippen LogP contribution in [0.15, 0.2) is 46.5 Å². The standard InChI is InChI=1S/C20H21N3OS3/c24-19(11-17-14-27-20(21-17)16-5-8-26-13-16)22-18-4-2-1-3-15(18)12-23-6-9-25-10-7-23/h1-5,8,13-14H,6-7,9-12H2,(H,22,24). The molecule has 0 aliphatic carbocycles. The van der Waals surface area contributed by atoms with Crippen molar-refractivity contribution in [1.29, 1.82) is 0 Å². The Morgan fingerprint density at radius 2 is 2.00 bits per heavy atom. The fraction of sp³-hybridized carbons (Fsp3) is 0.300. The number of amides is 1. The van der Waals surface area contributed by atoms with E-state index in [2.05, 4.69) is 32.7 Å². The summed E-state index contributed by atoms with van der Waals surface area (Å²) in [4.78, 5) is 19.6. The van der Waals surface area contributed by atoms with E-state index in [1.807, 2.05) is 40.7 Å². The number of rotatable bonds is 6. The molecule has 0 atom stereocenters. The number of benzene rings is 1. The molecule has 0 radical (unpaired) electrons. The van der Waals surface area contributed by atoms with Gasteiger partial charge in [0.2, 0.25) is 5.91 Å². The summed E-state index contributed by atoms with van der Waals surface area (Å²) < 4.78 is 0. The highest BCUT2D eigenvalue weighted by atomic mass is 32.2. The van der Waals surface area contributed by atoms with E-state index in [9.17, 15) is 4.79 Å². The van der Waals surface area contributed by atoms with Crippen molar-refractivity contribution in [2.75, 3.05) is 29.9 Å². The lowest BCUT2D eigenvalue weighted by Gasteiger charge is -2.27. The molecule has 1 saturated heterocycles. The van der Waals surface area contributed by atoms with Gasteiger partial charge in [-0.3, -0.25) is 9.69 Å². The van der Waals surface area contributed by atoms with Crippen molar-refractivity contribution in [3.63, 3.8) is 0 Å². The number of nitrogens with one attached hydrogen (secondary N) is 1. The van der Waals surface area contributed by atoms with E-state index in [1.54, 1.807) is 22.7 Å². The van der Waals surface area contributed by atoms with Gasteiger partial charge >= 0.3 is 0 Å². The molecule has 0 saturated carbocycles. The topological polar surface area (TPSA) is 45.2 Å². The van der Waals surface area contributed by atoms with Crippen molar-refractivity contribution < 1.29 is 4.79 Å². The smallest absolute Gasteiger partial charge is 0.230 e. The molecule has 1 amide bonds.